The smallest absolute Gasteiger partial charge is 0.404 e. The van der Waals surface area contributed by atoms with Crippen LogP contribution in [0.3, 0.4) is 0 Å². The predicted molar refractivity (Wildman–Crippen MR) is 49.2 cm³/mol. The lowest BCUT2D eigenvalue weighted by Crippen LogP contribution is -2.22. The molecule has 0 amide bonds. The molecule has 0 saturated heterocycles. The first-order valence-corrected chi connectivity index (χ1v) is 4.60. The highest BCUT2D eigenvalue weighted by Gasteiger charge is 2.40. The van der Waals surface area contributed by atoms with Crippen molar-refractivity contribution in [2.75, 3.05) is 0 Å². The maximum absolute atomic E-state index is 12.7. The second-order valence-corrected chi connectivity index (χ2v) is 3.23. The fourth-order valence-corrected chi connectivity index (χ4v) is 1.37. The van der Waals surface area contributed by atoms with Crippen molar-refractivity contribution in [3.63, 3.8) is 0 Å². The van der Waals surface area contributed by atoms with Crippen molar-refractivity contribution in [3.05, 3.63) is 23.0 Å². The highest BCUT2D eigenvalue weighted by molar-refractivity contribution is 5.76. The summed E-state index contributed by atoms with van der Waals surface area (Å²) in [4.78, 5) is 13.5. The Hall–Kier alpha value is -1.84. The summed E-state index contributed by atoms with van der Waals surface area (Å²) in [5, 5.41) is 0. The Morgan fingerprint density at radius 3 is 2.21 bits per heavy atom. The standard InChI is InChI=1S/C9H6F6N2O2/c10-8(11,12)7-4(1-16)6(19-9(13,14)15)2-17-5(7)3-18/h2-3H,1,16H2. The van der Waals surface area contributed by atoms with Crippen molar-refractivity contribution < 1.29 is 35.9 Å². The van der Waals surface area contributed by atoms with Gasteiger partial charge in [-0.2, -0.15) is 13.2 Å². The van der Waals surface area contributed by atoms with Crippen LogP contribution in [0.25, 0.3) is 0 Å². The quantitative estimate of drug-likeness (QED) is 0.684. The van der Waals surface area contributed by atoms with Crippen LogP contribution in [0.2, 0.25) is 0 Å². The molecule has 1 rings (SSSR count). The molecule has 1 aromatic heterocycles. The Kier molecular flexibility index (Phi) is 4.03. The number of hydrogen-bond acceptors (Lipinski definition) is 4. The van der Waals surface area contributed by atoms with Gasteiger partial charge in [-0.25, -0.2) is 4.98 Å². The van der Waals surface area contributed by atoms with Crippen LogP contribution in [0.15, 0.2) is 6.20 Å². The van der Waals surface area contributed by atoms with Crippen molar-refractivity contribution in [2.24, 2.45) is 5.73 Å². The summed E-state index contributed by atoms with van der Waals surface area (Å²) in [6, 6.07) is 0. The van der Waals surface area contributed by atoms with Gasteiger partial charge in [-0.3, -0.25) is 4.79 Å². The van der Waals surface area contributed by atoms with Crippen LogP contribution in [0.1, 0.15) is 21.6 Å². The average Bonchev–Trinajstić information content (AvgIpc) is 2.25. The summed E-state index contributed by atoms with van der Waals surface area (Å²) in [5.74, 6) is -1.19. The monoisotopic (exact) mass is 288 g/mol. The Morgan fingerprint density at radius 2 is 1.84 bits per heavy atom. The molecule has 0 atom stereocenters. The van der Waals surface area contributed by atoms with Crippen molar-refractivity contribution in [1.29, 1.82) is 0 Å². The number of aromatic nitrogens is 1. The lowest BCUT2D eigenvalue weighted by molar-refractivity contribution is -0.275. The van der Waals surface area contributed by atoms with Crippen LogP contribution < -0.4 is 10.5 Å². The second kappa shape index (κ2) is 5.03. The van der Waals surface area contributed by atoms with Crippen LogP contribution >= 0.6 is 0 Å². The number of hydrogen-bond donors (Lipinski definition) is 1. The number of carbonyl (C=O) groups is 1. The van der Waals surface area contributed by atoms with E-state index in [1.807, 2.05) is 0 Å². The average molecular weight is 288 g/mol. The molecule has 0 aromatic carbocycles. The van der Waals surface area contributed by atoms with Crippen molar-refractivity contribution >= 4 is 6.29 Å². The predicted octanol–water partition coefficient (Wildman–Crippen LogP) is 2.27. The van der Waals surface area contributed by atoms with Crippen LogP contribution in [0.5, 0.6) is 5.75 Å². The maximum atomic E-state index is 12.7. The molecule has 0 unspecified atom stereocenters. The van der Waals surface area contributed by atoms with Gasteiger partial charge in [0, 0.05) is 12.1 Å². The Bertz CT molecular complexity index is 483. The van der Waals surface area contributed by atoms with E-state index < -0.39 is 41.7 Å². The number of aldehydes is 1. The molecule has 0 spiro atoms. The number of rotatable bonds is 3. The molecule has 1 heterocycles. The van der Waals surface area contributed by atoms with Gasteiger partial charge in [-0.05, 0) is 0 Å². The van der Waals surface area contributed by atoms with E-state index in [2.05, 4.69) is 9.72 Å². The summed E-state index contributed by atoms with van der Waals surface area (Å²) in [5.41, 5.74) is 1.33. The normalized spacial score (nSPS) is 12.4. The molecule has 4 nitrogen and oxygen atoms in total. The van der Waals surface area contributed by atoms with Gasteiger partial charge in [0.1, 0.15) is 5.69 Å². The van der Waals surface area contributed by atoms with Crippen LogP contribution in [-0.4, -0.2) is 17.6 Å². The van der Waals surface area contributed by atoms with Crippen LogP contribution in [-0.2, 0) is 12.7 Å². The first-order valence-electron chi connectivity index (χ1n) is 4.60. The lowest BCUT2D eigenvalue weighted by Gasteiger charge is -2.18. The Morgan fingerprint density at radius 1 is 1.26 bits per heavy atom. The first-order chi connectivity index (χ1) is 8.60. The fourth-order valence-electron chi connectivity index (χ4n) is 1.37. The van der Waals surface area contributed by atoms with Gasteiger partial charge in [0.2, 0.25) is 0 Å². The molecular formula is C9H6F6N2O2. The Balaban J connectivity index is 3.49. The minimum absolute atomic E-state index is 0.223. The number of nitrogens with zero attached hydrogens (tertiary/aromatic N) is 1. The highest BCUT2D eigenvalue weighted by atomic mass is 19.4. The van der Waals surface area contributed by atoms with E-state index in [1.165, 1.54) is 0 Å². The highest BCUT2D eigenvalue weighted by Crippen LogP contribution is 2.38. The van der Waals surface area contributed by atoms with Crippen molar-refractivity contribution in [1.82, 2.24) is 4.98 Å². The number of ether oxygens (including phenoxy) is 1. The molecule has 0 fully saturated rings. The molecule has 0 aliphatic rings. The van der Waals surface area contributed by atoms with E-state index in [-0.39, 0.29) is 6.29 Å². The summed E-state index contributed by atoms with van der Waals surface area (Å²) in [6.07, 6.45) is -10.1. The van der Waals surface area contributed by atoms with E-state index >= 15 is 0 Å². The topological polar surface area (TPSA) is 65.2 Å². The van der Waals surface area contributed by atoms with E-state index in [1.54, 1.807) is 0 Å². The molecule has 0 bridgehead atoms. The largest absolute Gasteiger partial charge is 0.573 e. The van der Waals surface area contributed by atoms with Crippen molar-refractivity contribution in [2.45, 2.75) is 19.1 Å². The summed E-state index contributed by atoms with van der Waals surface area (Å²) < 4.78 is 77.6. The fraction of sp³-hybridized carbons (Fsp3) is 0.333. The molecule has 0 saturated carbocycles. The number of halogens is 6. The van der Waals surface area contributed by atoms with Gasteiger partial charge in [0.25, 0.3) is 0 Å². The number of nitrogens with two attached hydrogens (primary N) is 1. The third-order valence-electron chi connectivity index (χ3n) is 2.00. The molecule has 2 N–H and O–H groups in total. The number of alkyl halides is 6. The lowest BCUT2D eigenvalue weighted by atomic mass is 10.1. The zero-order chi connectivity index (χ0) is 14.8. The zero-order valence-electron chi connectivity index (χ0n) is 8.97. The Labute approximate surface area is 102 Å². The van der Waals surface area contributed by atoms with Crippen LogP contribution in [0, 0.1) is 0 Å². The van der Waals surface area contributed by atoms with E-state index in [9.17, 15) is 31.1 Å². The number of carbonyl (C=O) groups excluding carboxylic acids is 1. The molecule has 0 aliphatic heterocycles. The molecule has 19 heavy (non-hydrogen) atoms. The van der Waals surface area contributed by atoms with E-state index in [0.717, 1.165) is 0 Å². The summed E-state index contributed by atoms with van der Waals surface area (Å²) in [7, 11) is 0. The van der Waals surface area contributed by atoms with E-state index in [0.29, 0.717) is 6.20 Å². The van der Waals surface area contributed by atoms with Gasteiger partial charge in [-0.15, -0.1) is 13.2 Å². The van der Waals surface area contributed by atoms with Gasteiger partial charge >= 0.3 is 12.5 Å². The van der Waals surface area contributed by atoms with Gasteiger partial charge in [0.15, 0.2) is 12.0 Å². The maximum Gasteiger partial charge on any atom is 0.573 e. The molecule has 1 aromatic rings. The van der Waals surface area contributed by atoms with Gasteiger partial charge < -0.3 is 10.5 Å². The minimum Gasteiger partial charge on any atom is -0.404 e. The molecule has 0 aliphatic carbocycles. The first kappa shape index (κ1) is 15.2. The molecule has 10 heteroatoms. The molecule has 106 valence electrons. The zero-order valence-corrected chi connectivity index (χ0v) is 8.97. The SMILES string of the molecule is NCc1c(OC(F)(F)F)cnc(C=O)c1C(F)(F)F. The molecular weight excluding hydrogens is 282 g/mol. The van der Waals surface area contributed by atoms with E-state index in [4.69, 9.17) is 5.73 Å². The number of pyridine rings is 1. The molecule has 0 radical (unpaired) electrons. The second-order valence-electron chi connectivity index (χ2n) is 3.23. The summed E-state index contributed by atoms with van der Waals surface area (Å²) in [6.45, 7) is -0.899. The van der Waals surface area contributed by atoms with Crippen molar-refractivity contribution in [3.8, 4) is 5.75 Å². The van der Waals surface area contributed by atoms with Gasteiger partial charge in [0.05, 0.1) is 11.8 Å². The van der Waals surface area contributed by atoms with Gasteiger partial charge in [-0.1, -0.05) is 0 Å². The minimum atomic E-state index is -5.20. The third kappa shape index (κ3) is 3.56. The van der Waals surface area contributed by atoms with Crippen LogP contribution in [0.4, 0.5) is 26.3 Å². The third-order valence-corrected chi connectivity index (χ3v) is 2.00. The summed E-state index contributed by atoms with van der Waals surface area (Å²) >= 11 is 0.